The van der Waals surface area contributed by atoms with Gasteiger partial charge in [0.15, 0.2) is 5.96 Å². The fourth-order valence-electron chi connectivity index (χ4n) is 3.80. The molecule has 3 unspecified atom stereocenters. The maximum atomic E-state index is 4.90. The first-order valence-electron chi connectivity index (χ1n) is 9.73. The zero-order chi connectivity index (χ0) is 17.6. The van der Waals surface area contributed by atoms with Gasteiger partial charge < -0.3 is 10.6 Å². The van der Waals surface area contributed by atoms with Gasteiger partial charge in [-0.2, -0.15) is 0 Å². The molecule has 4 rings (SSSR count). The molecule has 3 saturated heterocycles. The van der Waals surface area contributed by atoms with Crippen LogP contribution >= 0.6 is 24.0 Å². The summed E-state index contributed by atoms with van der Waals surface area (Å²) in [6, 6.07) is 11.6. The molecule has 1 aromatic carbocycles. The Kier molecular flexibility index (Phi) is 8.63. The Bertz CT molecular complexity index is 557. The van der Waals surface area contributed by atoms with Crippen molar-refractivity contribution < 1.29 is 0 Å². The van der Waals surface area contributed by atoms with Crippen LogP contribution in [-0.4, -0.2) is 73.7 Å². The summed E-state index contributed by atoms with van der Waals surface area (Å²) in [7, 11) is 0. The van der Waals surface area contributed by atoms with E-state index < -0.39 is 0 Å². The average molecular weight is 471 g/mol. The zero-order valence-corrected chi connectivity index (χ0v) is 18.6. The van der Waals surface area contributed by atoms with Crippen molar-refractivity contribution >= 4 is 29.9 Å². The second-order valence-electron chi connectivity index (χ2n) is 7.34. The number of hydrogen-bond acceptors (Lipinski definition) is 3. The Balaban J connectivity index is 0.00000243. The van der Waals surface area contributed by atoms with Crippen LogP contribution in [0, 0.1) is 0 Å². The molecule has 6 heteroatoms. The predicted molar refractivity (Wildman–Crippen MR) is 121 cm³/mol. The summed E-state index contributed by atoms with van der Waals surface area (Å²) < 4.78 is 0. The molecule has 5 nitrogen and oxygen atoms in total. The largest absolute Gasteiger partial charge is 0.357 e. The smallest absolute Gasteiger partial charge is 0.191 e. The number of aliphatic imine (C=N–C) groups is 1. The van der Waals surface area contributed by atoms with E-state index in [1.807, 2.05) is 0 Å². The Morgan fingerprint density at radius 3 is 2.42 bits per heavy atom. The number of guanidine groups is 1. The molecule has 3 aliphatic rings. The van der Waals surface area contributed by atoms with Crippen LogP contribution in [0.3, 0.4) is 0 Å². The molecule has 0 amide bonds. The number of nitrogens with zero attached hydrogens (tertiary/aromatic N) is 3. The van der Waals surface area contributed by atoms with E-state index in [0.29, 0.717) is 18.0 Å². The van der Waals surface area contributed by atoms with E-state index in [-0.39, 0.29) is 24.0 Å². The topological polar surface area (TPSA) is 42.9 Å². The van der Waals surface area contributed by atoms with Gasteiger partial charge in [-0.25, -0.2) is 0 Å². The average Bonchev–Trinajstić information content (AvgIpc) is 2.67. The standard InChI is InChI=1S/C20H33N5.HI/c1-4-21-20(22-14-19-15-24-10-12-25(19)13-11-24)23-17(3)16(2)18-8-6-5-7-9-18;/h5-9,16-17,19H,4,10-15H2,1-3H3,(H2,21,22,23);1H. The fraction of sp³-hybridized carbons (Fsp3) is 0.650. The van der Waals surface area contributed by atoms with E-state index in [0.717, 1.165) is 19.0 Å². The summed E-state index contributed by atoms with van der Waals surface area (Å²) in [4.78, 5) is 10.1. The lowest BCUT2D eigenvalue weighted by Gasteiger charge is -2.47. The van der Waals surface area contributed by atoms with Crippen LogP contribution < -0.4 is 10.6 Å². The molecule has 0 radical (unpaired) electrons. The lowest BCUT2D eigenvalue weighted by atomic mass is 9.94. The number of nitrogens with one attached hydrogen (secondary N) is 2. The zero-order valence-electron chi connectivity index (χ0n) is 16.3. The quantitative estimate of drug-likeness (QED) is 0.380. The molecule has 0 aliphatic carbocycles. The lowest BCUT2D eigenvalue weighted by molar-refractivity contribution is 0.0174. The van der Waals surface area contributed by atoms with E-state index in [2.05, 4.69) is 71.5 Å². The van der Waals surface area contributed by atoms with E-state index in [1.54, 1.807) is 0 Å². The van der Waals surface area contributed by atoms with Crippen molar-refractivity contribution in [1.29, 1.82) is 0 Å². The summed E-state index contributed by atoms with van der Waals surface area (Å²) >= 11 is 0. The normalized spacial score (nSPS) is 27.3. The number of halogens is 1. The Morgan fingerprint density at radius 1 is 1.15 bits per heavy atom. The monoisotopic (exact) mass is 471 g/mol. The van der Waals surface area contributed by atoms with E-state index in [1.165, 1.54) is 38.3 Å². The molecule has 3 fully saturated rings. The van der Waals surface area contributed by atoms with Crippen LogP contribution in [0.1, 0.15) is 32.3 Å². The highest BCUT2D eigenvalue weighted by molar-refractivity contribution is 14.0. The number of fused-ring (bicyclic) bond motifs is 3. The van der Waals surface area contributed by atoms with Gasteiger partial charge in [0.2, 0.25) is 0 Å². The van der Waals surface area contributed by atoms with E-state index in [4.69, 9.17) is 4.99 Å². The van der Waals surface area contributed by atoms with Gasteiger partial charge in [0, 0.05) is 57.3 Å². The minimum Gasteiger partial charge on any atom is -0.357 e. The van der Waals surface area contributed by atoms with E-state index in [9.17, 15) is 0 Å². The maximum Gasteiger partial charge on any atom is 0.191 e. The first kappa shape index (κ1) is 21.4. The highest BCUT2D eigenvalue weighted by Gasteiger charge is 2.31. The molecule has 0 spiro atoms. The molecular weight excluding hydrogens is 437 g/mol. The van der Waals surface area contributed by atoms with Crippen molar-refractivity contribution in [2.75, 3.05) is 45.8 Å². The molecule has 0 aromatic heterocycles. The summed E-state index contributed by atoms with van der Waals surface area (Å²) in [6.07, 6.45) is 0. The highest BCUT2D eigenvalue weighted by Crippen LogP contribution is 2.19. The molecular formula is C20H34IN5. The number of hydrogen-bond donors (Lipinski definition) is 2. The van der Waals surface area contributed by atoms with Gasteiger partial charge in [-0.3, -0.25) is 14.8 Å². The van der Waals surface area contributed by atoms with Crippen molar-refractivity contribution in [3.05, 3.63) is 35.9 Å². The van der Waals surface area contributed by atoms with Crippen LogP contribution in [0.25, 0.3) is 0 Å². The summed E-state index contributed by atoms with van der Waals surface area (Å²) in [5, 5.41) is 7.02. The molecule has 0 saturated carbocycles. The highest BCUT2D eigenvalue weighted by atomic mass is 127. The van der Waals surface area contributed by atoms with Crippen molar-refractivity contribution in [2.24, 2.45) is 4.99 Å². The summed E-state index contributed by atoms with van der Waals surface area (Å²) in [6.45, 7) is 14.4. The molecule has 1 aromatic rings. The lowest BCUT2D eigenvalue weighted by Crippen LogP contribution is -2.62. The Hall–Kier alpha value is -0.860. The third kappa shape index (κ3) is 5.57. The third-order valence-electron chi connectivity index (χ3n) is 5.64. The van der Waals surface area contributed by atoms with Gasteiger partial charge in [-0.05, 0) is 19.4 Å². The predicted octanol–water partition coefficient (Wildman–Crippen LogP) is 2.35. The molecule has 26 heavy (non-hydrogen) atoms. The summed E-state index contributed by atoms with van der Waals surface area (Å²) in [5.41, 5.74) is 1.36. The Labute approximate surface area is 175 Å². The number of rotatable bonds is 6. The molecule has 146 valence electrons. The molecule has 3 heterocycles. The van der Waals surface area contributed by atoms with Gasteiger partial charge >= 0.3 is 0 Å². The van der Waals surface area contributed by atoms with Gasteiger partial charge in [-0.1, -0.05) is 37.3 Å². The summed E-state index contributed by atoms with van der Waals surface area (Å²) in [5.74, 6) is 1.38. The van der Waals surface area contributed by atoms with E-state index >= 15 is 0 Å². The first-order chi connectivity index (χ1) is 12.2. The minimum atomic E-state index is 0. The SMILES string of the molecule is CCNC(=NCC1CN2CCN1CC2)NC(C)C(C)c1ccccc1.I. The third-order valence-corrected chi connectivity index (χ3v) is 5.64. The molecule has 3 aliphatic heterocycles. The van der Waals surface area contributed by atoms with Crippen LogP contribution in [0.5, 0.6) is 0 Å². The van der Waals surface area contributed by atoms with Crippen molar-refractivity contribution in [3.8, 4) is 0 Å². The second kappa shape index (κ2) is 10.5. The number of benzene rings is 1. The Morgan fingerprint density at radius 2 is 1.85 bits per heavy atom. The first-order valence-corrected chi connectivity index (χ1v) is 9.73. The van der Waals surface area contributed by atoms with Crippen LogP contribution in [0.4, 0.5) is 0 Å². The van der Waals surface area contributed by atoms with Gasteiger partial charge in [-0.15, -0.1) is 24.0 Å². The van der Waals surface area contributed by atoms with Gasteiger partial charge in [0.1, 0.15) is 0 Å². The molecule has 2 N–H and O–H groups in total. The molecule has 3 atom stereocenters. The van der Waals surface area contributed by atoms with Gasteiger partial charge in [0.05, 0.1) is 6.54 Å². The van der Waals surface area contributed by atoms with Crippen molar-refractivity contribution in [3.63, 3.8) is 0 Å². The number of piperazine rings is 3. The van der Waals surface area contributed by atoms with Crippen molar-refractivity contribution in [2.45, 2.75) is 38.8 Å². The fourth-order valence-corrected chi connectivity index (χ4v) is 3.80. The second-order valence-corrected chi connectivity index (χ2v) is 7.34. The van der Waals surface area contributed by atoms with Crippen LogP contribution in [-0.2, 0) is 0 Å². The molecule has 2 bridgehead atoms. The van der Waals surface area contributed by atoms with Crippen LogP contribution in [0.2, 0.25) is 0 Å². The minimum absolute atomic E-state index is 0. The van der Waals surface area contributed by atoms with Gasteiger partial charge in [0.25, 0.3) is 0 Å². The maximum absolute atomic E-state index is 4.90. The van der Waals surface area contributed by atoms with Crippen molar-refractivity contribution in [1.82, 2.24) is 20.4 Å². The van der Waals surface area contributed by atoms with Crippen LogP contribution in [0.15, 0.2) is 35.3 Å².